The Balaban J connectivity index is 2.00. The van der Waals surface area contributed by atoms with E-state index in [2.05, 4.69) is 36.9 Å². The predicted octanol–water partition coefficient (Wildman–Crippen LogP) is 2.99. The number of benzene rings is 1. The van der Waals surface area contributed by atoms with E-state index in [0.717, 1.165) is 29.8 Å². The van der Waals surface area contributed by atoms with Crippen LogP contribution in [0.4, 0.5) is 5.82 Å². The number of alkyl halides is 1. The SMILES string of the molecule is BrC1CCN(c2ncnc3ccccc23)CC1. The maximum atomic E-state index is 4.46. The minimum absolute atomic E-state index is 0.659. The molecular formula is C13H14BrN3. The van der Waals surface area contributed by atoms with Crippen LogP contribution < -0.4 is 4.90 Å². The van der Waals surface area contributed by atoms with Crippen LogP contribution in [0.5, 0.6) is 0 Å². The van der Waals surface area contributed by atoms with Crippen molar-refractivity contribution < 1.29 is 0 Å². The quantitative estimate of drug-likeness (QED) is 0.757. The third kappa shape index (κ3) is 2.14. The molecule has 3 rings (SSSR count). The molecule has 0 amide bonds. The normalized spacial score (nSPS) is 17.6. The van der Waals surface area contributed by atoms with Crippen molar-refractivity contribution in [2.75, 3.05) is 18.0 Å². The average molecular weight is 292 g/mol. The molecule has 1 aromatic carbocycles. The highest BCUT2D eigenvalue weighted by Crippen LogP contribution is 2.26. The fourth-order valence-corrected chi connectivity index (χ4v) is 2.71. The molecule has 3 nitrogen and oxygen atoms in total. The highest BCUT2D eigenvalue weighted by atomic mass is 79.9. The van der Waals surface area contributed by atoms with Crippen molar-refractivity contribution in [1.82, 2.24) is 9.97 Å². The molecule has 1 aliphatic heterocycles. The molecule has 1 aliphatic rings. The summed E-state index contributed by atoms with van der Waals surface area (Å²) in [6, 6.07) is 8.21. The molecule has 1 aromatic heterocycles. The van der Waals surface area contributed by atoms with Crippen LogP contribution in [0, 0.1) is 0 Å². The molecule has 0 unspecified atom stereocenters. The number of piperidine rings is 1. The van der Waals surface area contributed by atoms with Gasteiger partial charge < -0.3 is 4.90 Å². The Morgan fingerprint density at radius 2 is 1.88 bits per heavy atom. The standard InChI is InChI=1S/C13H14BrN3/c14-10-5-7-17(8-6-10)13-11-3-1-2-4-12(11)15-9-16-13/h1-4,9-10H,5-8H2. The minimum Gasteiger partial charge on any atom is -0.356 e. The van der Waals surface area contributed by atoms with Gasteiger partial charge in [-0.05, 0) is 25.0 Å². The van der Waals surface area contributed by atoms with Gasteiger partial charge in [0.1, 0.15) is 12.1 Å². The zero-order valence-electron chi connectivity index (χ0n) is 9.51. The van der Waals surface area contributed by atoms with Crippen LogP contribution in [0.2, 0.25) is 0 Å². The summed E-state index contributed by atoms with van der Waals surface area (Å²) in [4.78, 5) is 11.8. The number of anilines is 1. The van der Waals surface area contributed by atoms with E-state index < -0.39 is 0 Å². The Morgan fingerprint density at radius 3 is 2.71 bits per heavy atom. The molecule has 0 atom stereocenters. The Kier molecular flexibility index (Phi) is 2.97. The van der Waals surface area contributed by atoms with Crippen molar-refractivity contribution in [2.24, 2.45) is 0 Å². The summed E-state index contributed by atoms with van der Waals surface area (Å²) in [5, 5.41) is 1.16. The van der Waals surface area contributed by atoms with Crippen LogP contribution in [0.15, 0.2) is 30.6 Å². The molecule has 4 heteroatoms. The molecule has 0 saturated carbocycles. The van der Waals surface area contributed by atoms with Gasteiger partial charge >= 0.3 is 0 Å². The van der Waals surface area contributed by atoms with Crippen LogP contribution >= 0.6 is 15.9 Å². The summed E-state index contributed by atoms with van der Waals surface area (Å²) in [5.41, 5.74) is 1.03. The van der Waals surface area contributed by atoms with E-state index in [0.29, 0.717) is 4.83 Å². The van der Waals surface area contributed by atoms with Gasteiger partial charge in [0.15, 0.2) is 0 Å². The number of halogens is 1. The fraction of sp³-hybridized carbons (Fsp3) is 0.385. The maximum absolute atomic E-state index is 4.46. The Labute approximate surface area is 109 Å². The second-order valence-electron chi connectivity index (χ2n) is 4.38. The van der Waals surface area contributed by atoms with Gasteiger partial charge in [0, 0.05) is 23.3 Å². The molecule has 0 N–H and O–H groups in total. The number of fused-ring (bicyclic) bond motifs is 1. The predicted molar refractivity (Wildman–Crippen MR) is 73.7 cm³/mol. The van der Waals surface area contributed by atoms with Crippen molar-refractivity contribution in [3.8, 4) is 0 Å². The van der Waals surface area contributed by atoms with E-state index in [1.807, 2.05) is 18.2 Å². The van der Waals surface area contributed by atoms with Crippen molar-refractivity contribution in [1.29, 1.82) is 0 Å². The maximum Gasteiger partial charge on any atom is 0.139 e. The lowest BCUT2D eigenvalue weighted by Crippen LogP contribution is -2.34. The van der Waals surface area contributed by atoms with E-state index in [4.69, 9.17) is 0 Å². The largest absolute Gasteiger partial charge is 0.356 e. The molecule has 1 fully saturated rings. The van der Waals surface area contributed by atoms with Gasteiger partial charge in [-0.3, -0.25) is 0 Å². The third-order valence-electron chi connectivity index (χ3n) is 3.25. The van der Waals surface area contributed by atoms with Crippen LogP contribution in [0.1, 0.15) is 12.8 Å². The van der Waals surface area contributed by atoms with Crippen LogP contribution in [-0.2, 0) is 0 Å². The van der Waals surface area contributed by atoms with Crippen molar-refractivity contribution >= 4 is 32.7 Å². The first-order valence-corrected chi connectivity index (χ1v) is 6.85. The van der Waals surface area contributed by atoms with Crippen molar-refractivity contribution in [2.45, 2.75) is 17.7 Å². The smallest absolute Gasteiger partial charge is 0.139 e. The van der Waals surface area contributed by atoms with Crippen LogP contribution in [0.3, 0.4) is 0 Å². The lowest BCUT2D eigenvalue weighted by atomic mass is 10.1. The van der Waals surface area contributed by atoms with Gasteiger partial charge in [0.2, 0.25) is 0 Å². The van der Waals surface area contributed by atoms with Gasteiger partial charge in [0.05, 0.1) is 5.52 Å². The van der Waals surface area contributed by atoms with E-state index in [1.54, 1.807) is 6.33 Å². The van der Waals surface area contributed by atoms with Gasteiger partial charge in [-0.1, -0.05) is 28.1 Å². The molecule has 0 radical (unpaired) electrons. The summed E-state index contributed by atoms with van der Waals surface area (Å²) in [7, 11) is 0. The molecule has 17 heavy (non-hydrogen) atoms. The molecule has 2 heterocycles. The molecule has 1 saturated heterocycles. The van der Waals surface area contributed by atoms with Crippen molar-refractivity contribution in [3.63, 3.8) is 0 Å². The van der Waals surface area contributed by atoms with Crippen molar-refractivity contribution in [3.05, 3.63) is 30.6 Å². The van der Waals surface area contributed by atoms with E-state index >= 15 is 0 Å². The minimum atomic E-state index is 0.659. The summed E-state index contributed by atoms with van der Waals surface area (Å²) in [6.07, 6.45) is 4.02. The van der Waals surface area contributed by atoms with Crippen LogP contribution in [0.25, 0.3) is 10.9 Å². The third-order valence-corrected chi connectivity index (χ3v) is 4.16. The molecule has 88 valence electrons. The number of hydrogen-bond acceptors (Lipinski definition) is 3. The summed E-state index contributed by atoms with van der Waals surface area (Å²) in [5.74, 6) is 1.08. The van der Waals surface area contributed by atoms with Gasteiger partial charge in [0.25, 0.3) is 0 Å². The highest BCUT2D eigenvalue weighted by molar-refractivity contribution is 9.09. The zero-order chi connectivity index (χ0) is 11.7. The fourth-order valence-electron chi connectivity index (χ4n) is 2.30. The van der Waals surface area contributed by atoms with Gasteiger partial charge in [-0.15, -0.1) is 0 Å². The second kappa shape index (κ2) is 4.61. The molecule has 0 aliphatic carbocycles. The highest BCUT2D eigenvalue weighted by Gasteiger charge is 2.19. The molecule has 2 aromatic rings. The van der Waals surface area contributed by atoms with E-state index in [1.165, 1.54) is 12.8 Å². The Hall–Kier alpha value is -1.16. The first-order chi connectivity index (χ1) is 8.34. The van der Waals surface area contributed by atoms with Gasteiger partial charge in [-0.2, -0.15) is 0 Å². The summed E-state index contributed by atoms with van der Waals surface area (Å²) in [6.45, 7) is 2.13. The second-order valence-corrected chi connectivity index (χ2v) is 5.67. The Morgan fingerprint density at radius 1 is 1.12 bits per heavy atom. The van der Waals surface area contributed by atoms with E-state index in [9.17, 15) is 0 Å². The van der Waals surface area contributed by atoms with Gasteiger partial charge in [-0.25, -0.2) is 9.97 Å². The number of nitrogens with zero attached hydrogens (tertiary/aromatic N) is 3. The zero-order valence-corrected chi connectivity index (χ0v) is 11.1. The first-order valence-electron chi connectivity index (χ1n) is 5.93. The number of aromatic nitrogens is 2. The monoisotopic (exact) mass is 291 g/mol. The first kappa shape index (κ1) is 11.0. The summed E-state index contributed by atoms with van der Waals surface area (Å²) >= 11 is 3.68. The molecule has 0 bridgehead atoms. The Bertz CT molecular complexity index is 516. The number of hydrogen-bond donors (Lipinski definition) is 0. The topological polar surface area (TPSA) is 29.0 Å². The molecule has 0 spiro atoms. The lowest BCUT2D eigenvalue weighted by Gasteiger charge is -2.30. The summed E-state index contributed by atoms with van der Waals surface area (Å²) < 4.78 is 0. The van der Waals surface area contributed by atoms with Crippen LogP contribution in [-0.4, -0.2) is 27.9 Å². The molecular weight excluding hydrogens is 278 g/mol. The van der Waals surface area contributed by atoms with E-state index in [-0.39, 0.29) is 0 Å². The number of rotatable bonds is 1. The lowest BCUT2D eigenvalue weighted by molar-refractivity contribution is 0.594. The average Bonchev–Trinajstić information content (AvgIpc) is 2.39. The number of para-hydroxylation sites is 1.